The highest BCUT2D eigenvalue weighted by Crippen LogP contribution is 2.08. The zero-order valence-electron chi connectivity index (χ0n) is 11.8. The van der Waals surface area contributed by atoms with Crippen LogP contribution in [0.4, 0.5) is 0 Å². The molecule has 7 heteroatoms. The predicted octanol–water partition coefficient (Wildman–Crippen LogP) is 0.156. The van der Waals surface area contributed by atoms with Gasteiger partial charge in [0, 0.05) is 23.5 Å². The summed E-state index contributed by atoms with van der Waals surface area (Å²) < 4.78 is 0. The summed E-state index contributed by atoms with van der Waals surface area (Å²) in [6.45, 7) is 5.21. The van der Waals surface area contributed by atoms with Crippen molar-refractivity contribution in [2.45, 2.75) is 33.6 Å². The maximum Gasteiger partial charge on any atom is 0.345 e. The summed E-state index contributed by atoms with van der Waals surface area (Å²) in [7, 11) is 0. The molecule has 1 unspecified atom stereocenters. The largest absolute Gasteiger partial charge is 0.481 e. The van der Waals surface area contributed by atoms with Gasteiger partial charge in [0.2, 0.25) is 5.91 Å². The van der Waals surface area contributed by atoms with Gasteiger partial charge in [-0.15, -0.1) is 0 Å². The van der Waals surface area contributed by atoms with Crippen molar-refractivity contribution in [2.75, 3.05) is 6.54 Å². The number of amides is 1. The number of carboxylic acids is 1. The maximum atomic E-state index is 11.8. The topological polar surface area (TPSA) is 112 Å². The van der Waals surface area contributed by atoms with E-state index in [1.807, 2.05) is 0 Å². The minimum absolute atomic E-state index is 0.0670. The second-order valence-corrected chi connectivity index (χ2v) is 4.66. The Kier molecular flexibility index (Phi) is 5.42. The molecule has 0 radical (unpaired) electrons. The SMILES string of the molecule is CCC(CNC(=O)Cc1c(C)nc(=O)[nH]c1C)C(=O)O. The highest BCUT2D eigenvalue weighted by Gasteiger charge is 2.17. The van der Waals surface area contributed by atoms with E-state index in [0.717, 1.165) is 0 Å². The van der Waals surface area contributed by atoms with Crippen LogP contribution in [-0.4, -0.2) is 33.5 Å². The Morgan fingerprint density at radius 3 is 2.55 bits per heavy atom. The number of aromatic nitrogens is 2. The molecular weight excluding hydrogens is 262 g/mol. The van der Waals surface area contributed by atoms with Gasteiger partial charge in [-0.25, -0.2) is 4.79 Å². The molecule has 0 fully saturated rings. The van der Waals surface area contributed by atoms with E-state index in [4.69, 9.17) is 5.11 Å². The number of hydrogen-bond donors (Lipinski definition) is 3. The molecule has 1 atom stereocenters. The van der Waals surface area contributed by atoms with Crippen LogP contribution in [0.25, 0.3) is 0 Å². The Hall–Kier alpha value is -2.18. The fraction of sp³-hybridized carbons (Fsp3) is 0.538. The monoisotopic (exact) mass is 281 g/mol. The highest BCUT2D eigenvalue weighted by molar-refractivity contribution is 5.80. The molecule has 0 saturated carbocycles. The van der Waals surface area contributed by atoms with Crippen LogP contribution < -0.4 is 11.0 Å². The molecule has 110 valence electrons. The van der Waals surface area contributed by atoms with Crippen molar-refractivity contribution in [1.82, 2.24) is 15.3 Å². The predicted molar refractivity (Wildman–Crippen MR) is 72.5 cm³/mol. The number of aromatic amines is 1. The zero-order valence-corrected chi connectivity index (χ0v) is 11.8. The average molecular weight is 281 g/mol. The maximum absolute atomic E-state index is 11.8. The van der Waals surface area contributed by atoms with Crippen molar-refractivity contribution in [2.24, 2.45) is 5.92 Å². The average Bonchev–Trinajstić information content (AvgIpc) is 2.34. The van der Waals surface area contributed by atoms with E-state index in [-0.39, 0.29) is 18.9 Å². The molecule has 1 aromatic rings. The van der Waals surface area contributed by atoms with Gasteiger partial charge < -0.3 is 15.4 Å². The summed E-state index contributed by atoms with van der Waals surface area (Å²) in [6.07, 6.45) is 0.519. The second kappa shape index (κ2) is 6.83. The fourth-order valence-electron chi connectivity index (χ4n) is 1.88. The molecule has 0 aliphatic heterocycles. The molecule has 0 bridgehead atoms. The third kappa shape index (κ3) is 4.18. The van der Waals surface area contributed by atoms with E-state index in [2.05, 4.69) is 15.3 Å². The molecule has 0 aliphatic carbocycles. The lowest BCUT2D eigenvalue weighted by Crippen LogP contribution is -2.34. The van der Waals surface area contributed by atoms with Crippen LogP contribution >= 0.6 is 0 Å². The number of nitrogens with one attached hydrogen (secondary N) is 2. The first kappa shape index (κ1) is 15.9. The summed E-state index contributed by atoms with van der Waals surface area (Å²) in [4.78, 5) is 40.1. The molecule has 1 rings (SSSR count). The van der Waals surface area contributed by atoms with E-state index >= 15 is 0 Å². The Bertz CT molecular complexity index is 539. The van der Waals surface area contributed by atoms with E-state index in [9.17, 15) is 14.4 Å². The molecule has 3 N–H and O–H groups in total. The van der Waals surface area contributed by atoms with Gasteiger partial charge >= 0.3 is 11.7 Å². The molecule has 0 saturated heterocycles. The summed E-state index contributed by atoms with van der Waals surface area (Å²) in [5, 5.41) is 11.5. The normalized spacial score (nSPS) is 11.9. The van der Waals surface area contributed by atoms with Gasteiger partial charge in [-0.1, -0.05) is 6.92 Å². The van der Waals surface area contributed by atoms with Crippen molar-refractivity contribution in [3.05, 3.63) is 27.4 Å². The second-order valence-electron chi connectivity index (χ2n) is 4.66. The Morgan fingerprint density at radius 2 is 2.05 bits per heavy atom. The highest BCUT2D eigenvalue weighted by atomic mass is 16.4. The van der Waals surface area contributed by atoms with E-state index < -0.39 is 17.6 Å². The molecule has 1 amide bonds. The number of nitrogens with zero attached hydrogens (tertiary/aromatic N) is 1. The first-order chi connectivity index (χ1) is 9.35. The smallest absolute Gasteiger partial charge is 0.345 e. The summed E-state index contributed by atoms with van der Waals surface area (Å²) in [5.74, 6) is -1.80. The van der Waals surface area contributed by atoms with Gasteiger partial charge in [0.15, 0.2) is 0 Å². The van der Waals surface area contributed by atoms with Crippen LogP contribution in [0.5, 0.6) is 0 Å². The van der Waals surface area contributed by atoms with Crippen LogP contribution in [0.3, 0.4) is 0 Å². The first-order valence-electron chi connectivity index (χ1n) is 6.41. The fourth-order valence-corrected chi connectivity index (χ4v) is 1.88. The number of hydrogen-bond acceptors (Lipinski definition) is 4. The summed E-state index contributed by atoms with van der Waals surface area (Å²) in [5.41, 5.74) is 1.32. The van der Waals surface area contributed by atoms with Crippen molar-refractivity contribution in [1.29, 1.82) is 0 Å². The molecule has 7 nitrogen and oxygen atoms in total. The van der Waals surface area contributed by atoms with Crippen molar-refractivity contribution >= 4 is 11.9 Å². The molecule has 20 heavy (non-hydrogen) atoms. The van der Waals surface area contributed by atoms with Crippen LogP contribution in [0, 0.1) is 19.8 Å². The van der Waals surface area contributed by atoms with Gasteiger partial charge in [0.25, 0.3) is 0 Å². The quantitative estimate of drug-likeness (QED) is 0.687. The lowest BCUT2D eigenvalue weighted by atomic mass is 10.1. The molecule has 1 aromatic heterocycles. The summed E-state index contributed by atoms with van der Waals surface area (Å²) >= 11 is 0. The lowest BCUT2D eigenvalue weighted by Gasteiger charge is -2.12. The van der Waals surface area contributed by atoms with Crippen LogP contribution in [0.1, 0.15) is 30.3 Å². The number of carbonyl (C=O) groups excluding carboxylic acids is 1. The zero-order chi connectivity index (χ0) is 15.3. The van der Waals surface area contributed by atoms with Crippen LogP contribution in [-0.2, 0) is 16.0 Å². The van der Waals surface area contributed by atoms with Crippen molar-refractivity contribution in [3.63, 3.8) is 0 Å². The molecule has 0 spiro atoms. The molecule has 0 aromatic carbocycles. The van der Waals surface area contributed by atoms with E-state index in [1.165, 1.54) is 0 Å². The van der Waals surface area contributed by atoms with Gasteiger partial charge in [-0.3, -0.25) is 9.59 Å². The van der Waals surface area contributed by atoms with Gasteiger partial charge in [-0.2, -0.15) is 4.98 Å². The van der Waals surface area contributed by atoms with Gasteiger partial charge in [-0.05, 0) is 20.3 Å². The van der Waals surface area contributed by atoms with Crippen molar-refractivity contribution < 1.29 is 14.7 Å². The number of rotatable bonds is 6. The Morgan fingerprint density at radius 1 is 1.40 bits per heavy atom. The first-order valence-corrected chi connectivity index (χ1v) is 6.41. The number of aryl methyl sites for hydroxylation is 2. The van der Waals surface area contributed by atoms with Crippen molar-refractivity contribution in [3.8, 4) is 0 Å². The minimum Gasteiger partial charge on any atom is -0.481 e. The molecule has 1 heterocycles. The number of carboxylic acid groups (broad SMARTS) is 1. The van der Waals surface area contributed by atoms with Gasteiger partial charge in [0.05, 0.1) is 12.3 Å². The minimum atomic E-state index is -0.925. The summed E-state index contributed by atoms with van der Waals surface area (Å²) in [6, 6.07) is 0. The molecule has 0 aliphatic rings. The van der Waals surface area contributed by atoms with E-state index in [0.29, 0.717) is 23.4 Å². The third-order valence-corrected chi connectivity index (χ3v) is 3.18. The number of H-pyrrole nitrogens is 1. The Balaban J connectivity index is 2.68. The number of aliphatic carboxylic acids is 1. The standard InChI is InChI=1S/C13H19N3O4/c1-4-9(12(18)19)6-14-11(17)5-10-7(2)15-13(20)16-8(10)3/h9H,4-6H2,1-3H3,(H,14,17)(H,18,19)(H,15,16,20). The van der Waals surface area contributed by atoms with Crippen LogP contribution in [0.2, 0.25) is 0 Å². The van der Waals surface area contributed by atoms with Gasteiger partial charge in [0.1, 0.15) is 0 Å². The third-order valence-electron chi connectivity index (χ3n) is 3.18. The Labute approximate surface area is 116 Å². The van der Waals surface area contributed by atoms with E-state index in [1.54, 1.807) is 20.8 Å². The van der Waals surface area contributed by atoms with Crippen LogP contribution in [0.15, 0.2) is 4.79 Å². The number of carbonyl (C=O) groups is 2. The molecular formula is C13H19N3O4. The lowest BCUT2D eigenvalue weighted by molar-refractivity contribution is -0.141.